The molecule has 4 aromatic carbocycles. The lowest BCUT2D eigenvalue weighted by Crippen LogP contribution is -2.46. The lowest BCUT2D eigenvalue weighted by Gasteiger charge is -2.40. The Morgan fingerprint density at radius 3 is 2.33 bits per heavy atom. The number of nitrogens with one attached hydrogen (secondary N) is 1. The average Bonchev–Trinajstić information content (AvgIpc) is 3.29. The fraction of sp³-hybridized carbons (Fsp3) is 0.0645. The first-order valence-electron chi connectivity index (χ1n) is 12.6. The molecule has 8 heteroatoms. The first-order chi connectivity index (χ1) is 19.1. The molecule has 7 rings (SSSR count). The fourth-order valence-corrected chi connectivity index (χ4v) is 5.89. The molecule has 0 bridgehead atoms. The topological polar surface area (TPSA) is 57.8 Å². The van der Waals surface area contributed by atoms with Crippen LogP contribution in [-0.2, 0) is 0 Å². The van der Waals surface area contributed by atoms with Crippen molar-refractivity contribution in [3.63, 3.8) is 0 Å². The Kier molecular flexibility index (Phi) is 5.94. The van der Waals surface area contributed by atoms with Gasteiger partial charge in [-0.2, -0.15) is 5.10 Å². The maximum absolute atomic E-state index is 5.29. The van der Waals surface area contributed by atoms with Crippen molar-refractivity contribution in [1.29, 1.82) is 0 Å². The number of aromatic nitrogens is 2. The summed E-state index contributed by atoms with van der Waals surface area (Å²) in [6.45, 7) is 2.06. The predicted octanol–water partition coefficient (Wildman–Crippen LogP) is 8.50. The number of aryl methyl sites for hydroxylation is 1. The van der Waals surface area contributed by atoms with E-state index in [0.717, 1.165) is 60.2 Å². The molecule has 0 saturated carbocycles. The van der Waals surface area contributed by atoms with E-state index in [4.69, 9.17) is 15.1 Å². The molecule has 0 aliphatic carbocycles. The van der Waals surface area contributed by atoms with Gasteiger partial charge in [0.05, 0.1) is 28.8 Å². The summed E-state index contributed by atoms with van der Waals surface area (Å²) in [4.78, 5) is 12.6. The molecule has 0 spiro atoms. The normalized spacial score (nSPS) is 15.6. The van der Waals surface area contributed by atoms with E-state index >= 15 is 0 Å². The van der Waals surface area contributed by atoms with E-state index in [1.165, 1.54) is 0 Å². The van der Waals surface area contributed by atoms with Gasteiger partial charge in [0.2, 0.25) is 0 Å². The lowest BCUT2D eigenvalue weighted by molar-refractivity contribution is 0.815. The Balaban J connectivity index is 1.50. The summed E-state index contributed by atoms with van der Waals surface area (Å²) in [7, 11) is 0. The van der Waals surface area contributed by atoms with Crippen molar-refractivity contribution in [3.8, 4) is 5.69 Å². The summed E-state index contributed by atoms with van der Waals surface area (Å²) in [5.74, 6) is 2.23. The summed E-state index contributed by atoms with van der Waals surface area (Å²) in [5.41, 5.74) is 6.91. The van der Waals surface area contributed by atoms with Gasteiger partial charge in [-0.3, -0.25) is 0 Å². The van der Waals surface area contributed by atoms with E-state index in [-0.39, 0.29) is 6.04 Å². The molecule has 0 amide bonds. The molecule has 1 aromatic heterocycles. The van der Waals surface area contributed by atoms with Crippen LogP contribution in [0.25, 0.3) is 5.69 Å². The summed E-state index contributed by atoms with van der Waals surface area (Å²) < 4.78 is 3.98. The van der Waals surface area contributed by atoms with Gasteiger partial charge in [0, 0.05) is 20.2 Å². The number of benzene rings is 4. The minimum Gasteiger partial charge on any atom is -0.337 e. The van der Waals surface area contributed by atoms with Crippen LogP contribution in [-0.4, -0.2) is 21.5 Å². The summed E-state index contributed by atoms with van der Waals surface area (Å²) in [6.07, 6.45) is 0. The quantitative estimate of drug-likeness (QED) is 0.216. The second-order valence-corrected chi connectivity index (χ2v) is 11.2. The molecule has 3 heterocycles. The third kappa shape index (κ3) is 4.20. The van der Waals surface area contributed by atoms with Crippen molar-refractivity contribution in [2.45, 2.75) is 13.0 Å². The Morgan fingerprint density at radius 1 is 0.769 bits per heavy atom. The molecule has 2 aliphatic heterocycles. The van der Waals surface area contributed by atoms with Crippen LogP contribution >= 0.6 is 31.9 Å². The van der Waals surface area contributed by atoms with E-state index in [2.05, 4.69) is 91.5 Å². The average molecular weight is 638 g/mol. The molecule has 6 nitrogen and oxygen atoms in total. The third-order valence-corrected chi connectivity index (χ3v) is 7.93. The zero-order chi connectivity index (χ0) is 26.5. The second-order valence-electron chi connectivity index (χ2n) is 9.41. The number of aliphatic imine (C=N–C) groups is 2. The van der Waals surface area contributed by atoms with Crippen LogP contribution in [0.4, 0.5) is 22.9 Å². The molecule has 0 fully saturated rings. The van der Waals surface area contributed by atoms with Gasteiger partial charge in [-0.15, -0.1) is 0 Å². The summed E-state index contributed by atoms with van der Waals surface area (Å²) >= 11 is 7.24. The van der Waals surface area contributed by atoms with E-state index in [0.29, 0.717) is 5.84 Å². The van der Waals surface area contributed by atoms with Gasteiger partial charge in [0.15, 0.2) is 17.5 Å². The molecule has 0 radical (unpaired) electrons. The number of hydrogen-bond acceptors (Lipinski definition) is 5. The molecule has 5 aromatic rings. The Labute approximate surface area is 243 Å². The van der Waals surface area contributed by atoms with Crippen LogP contribution in [0.1, 0.15) is 22.9 Å². The van der Waals surface area contributed by atoms with Crippen molar-refractivity contribution in [2.75, 3.05) is 10.2 Å². The number of anilines is 2. The number of rotatable bonds is 3. The highest BCUT2D eigenvalue weighted by Gasteiger charge is 2.41. The van der Waals surface area contributed by atoms with Crippen LogP contribution in [0.3, 0.4) is 0 Å². The van der Waals surface area contributed by atoms with Crippen molar-refractivity contribution in [2.24, 2.45) is 9.98 Å². The highest BCUT2D eigenvalue weighted by atomic mass is 79.9. The van der Waals surface area contributed by atoms with Crippen LogP contribution in [0, 0.1) is 6.92 Å². The minimum atomic E-state index is -0.166. The van der Waals surface area contributed by atoms with Gasteiger partial charge in [-0.25, -0.2) is 14.7 Å². The smallest absolute Gasteiger partial charge is 0.179 e. The van der Waals surface area contributed by atoms with E-state index in [1.54, 1.807) is 0 Å². The van der Waals surface area contributed by atoms with Gasteiger partial charge in [0.1, 0.15) is 0 Å². The zero-order valence-corrected chi connectivity index (χ0v) is 24.1. The second kappa shape index (κ2) is 9.63. The lowest BCUT2D eigenvalue weighted by atomic mass is 9.93. The van der Waals surface area contributed by atoms with Gasteiger partial charge in [0.25, 0.3) is 0 Å². The molecule has 0 saturated heterocycles. The van der Waals surface area contributed by atoms with Crippen LogP contribution in [0.2, 0.25) is 0 Å². The van der Waals surface area contributed by atoms with Crippen LogP contribution < -0.4 is 10.2 Å². The Bertz CT molecular complexity index is 1770. The van der Waals surface area contributed by atoms with Crippen LogP contribution in [0.15, 0.2) is 122 Å². The largest absolute Gasteiger partial charge is 0.337 e. The molecular weight excluding hydrogens is 616 g/mol. The van der Waals surface area contributed by atoms with Crippen LogP contribution in [0.5, 0.6) is 0 Å². The Morgan fingerprint density at radius 2 is 1.54 bits per heavy atom. The highest BCUT2D eigenvalue weighted by molar-refractivity contribution is 9.10. The third-order valence-electron chi connectivity index (χ3n) is 6.91. The highest BCUT2D eigenvalue weighted by Crippen LogP contribution is 2.48. The van der Waals surface area contributed by atoms with Gasteiger partial charge in [-0.1, -0.05) is 74.3 Å². The van der Waals surface area contributed by atoms with Crippen molar-refractivity contribution < 1.29 is 0 Å². The molecule has 190 valence electrons. The maximum Gasteiger partial charge on any atom is 0.179 e. The molecule has 0 unspecified atom stereocenters. The minimum absolute atomic E-state index is 0.166. The molecule has 1 atom stereocenters. The molecule has 2 aliphatic rings. The fourth-order valence-electron chi connectivity index (χ4n) is 5.21. The van der Waals surface area contributed by atoms with E-state index in [1.807, 2.05) is 65.3 Å². The number of para-hydroxylation sites is 3. The first kappa shape index (κ1) is 24.1. The SMILES string of the molecule is Cc1nn(-c2ccccc2)c2c1[C@@H](c1cccc(Br)c1)N1C(=N2)C(Nc2ccc(Br)cc2)=Nc2ccccc21. The first-order valence-corrected chi connectivity index (χ1v) is 14.1. The number of hydrogen-bond donors (Lipinski definition) is 1. The number of nitrogens with zero attached hydrogens (tertiary/aromatic N) is 5. The number of fused-ring (bicyclic) bond motifs is 4. The van der Waals surface area contributed by atoms with Crippen molar-refractivity contribution in [3.05, 3.63) is 129 Å². The summed E-state index contributed by atoms with van der Waals surface area (Å²) in [6, 6.07) is 34.7. The monoisotopic (exact) mass is 636 g/mol. The number of amidine groups is 2. The van der Waals surface area contributed by atoms with Gasteiger partial charge >= 0.3 is 0 Å². The van der Waals surface area contributed by atoms with Crippen molar-refractivity contribution in [1.82, 2.24) is 9.78 Å². The predicted molar refractivity (Wildman–Crippen MR) is 165 cm³/mol. The number of halogens is 2. The zero-order valence-electron chi connectivity index (χ0n) is 20.9. The molecule has 39 heavy (non-hydrogen) atoms. The maximum atomic E-state index is 5.29. The van der Waals surface area contributed by atoms with E-state index < -0.39 is 0 Å². The standard InChI is InChI=1S/C31H22Br2N6/c1-19-27-28(20-8-7-9-22(33)18-20)38-26-13-6-5-12-25(26)35-29(34-23-16-14-21(32)15-17-23)31(38)36-30(27)39(37-19)24-10-3-2-4-11-24/h2-18,28H,1H3,(H,34,35)/t28-/m1/s1. The summed E-state index contributed by atoms with van der Waals surface area (Å²) in [5, 5.41) is 8.55. The van der Waals surface area contributed by atoms with E-state index in [9.17, 15) is 0 Å². The molecular formula is C31H22Br2N6. The van der Waals surface area contributed by atoms with Gasteiger partial charge < -0.3 is 10.2 Å². The Hall–Kier alpha value is -4.01. The molecule has 1 N–H and O–H groups in total. The van der Waals surface area contributed by atoms with Crippen molar-refractivity contribution >= 4 is 66.4 Å². The van der Waals surface area contributed by atoms with Gasteiger partial charge in [-0.05, 0) is 73.2 Å².